The molecule has 0 aromatic carbocycles. The van der Waals surface area contributed by atoms with Gasteiger partial charge in [0, 0.05) is 25.2 Å². The summed E-state index contributed by atoms with van der Waals surface area (Å²) in [6, 6.07) is 4.33. The number of methoxy groups -OCH3 is 1. The zero-order chi connectivity index (χ0) is 17.4. The third-order valence-corrected chi connectivity index (χ3v) is 6.29. The lowest BCUT2D eigenvalue weighted by atomic mass is 9.70. The lowest BCUT2D eigenvalue weighted by Crippen LogP contribution is -2.46. The third-order valence-electron chi connectivity index (χ3n) is 6.29. The number of hydrogen-bond acceptors (Lipinski definition) is 5. The van der Waals surface area contributed by atoms with Gasteiger partial charge in [0.15, 0.2) is 0 Å². The smallest absolute Gasteiger partial charge is 0.236 e. The van der Waals surface area contributed by atoms with E-state index in [0.717, 1.165) is 50.2 Å². The van der Waals surface area contributed by atoms with E-state index in [1.807, 2.05) is 12.1 Å². The first-order valence-corrected chi connectivity index (χ1v) is 9.42. The second-order valence-electron chi connectivity index (χ2n) is 7.71. The molecule has 1 saturated carbocycles. The molecule has 136 valence electrons. The van der Waals surface area contributed by atoms with E-state index in [2.05, 4.69) is 27.1 Å². The summed E-state index contributed by atoms with van der Waals surface area (Å²) in [4.78, 5) is 22.5. The van der Waals surface area contributed by atoms with Crippen LogP contribution in [0.3, 0.4) is 0 Å². The molecule has 0 bridgehead atoms. The minimum atomic E-state index is -0.455. The van der Waals surface area contributed by atoms with Crippen molar-refractivity contribution in [2.24, 2.45) is 0 Å². The summed E-state index contributed by atoms with van der Waals surface area (Å²) in [5.74, 6) is 0.713. The van der Waals surface area contributed by atoms with Gasteiger partial charge in [-0.25, -0.2) is 4.98 Å². The Balaban J connectivity index is 1.50. The number of carbonyl (C=O) groups is 1. The van der Waals surface area contributed by atoms with Crippen molar-refractivity contribution in [1.82, 2.24) is 14.8 Å². The van der Waals surface area contributed by atoms with Gasteiger partial charge in [0.05, 0.1) is 23.9 Å². The van der Waals surface area contributed by atoms with Crippen LogP contribution in [-0.2, 0) is 10.2 Å². The molecule has 1 spiro atoms. The number of anilines is 1. The maximum Gasteiger partial charge on any atom is 0.236 e. The van der Waals surface area contributed by atoms with Gasteiger partial charge < -0.3 is 15.0 Å². The minimum Gasteiger partial charge on any atom is -0.481 e. The van der Waals surface area contributed by atoms with Crippen LogP contribution in [-0.4, -0.2) is 67.1 Å². The molecule has 1 N–H and O–H groups in total. The van der Waals surface area contributed by atoms with E-state index in [0.29, 0.717) is 11.9 Å². The Labute approximate surface area is 149 Å². The molecule has 6 nitrogen and oxygen atoms in total. The number of aromatic nitrogens is 1. The highest BCUT2D eigenvalue weighted by molar-refractivity contribution is 6.05. The van der Waals surface area contributed by atoms with E-state index in [1.54, 1.807) is 7.11 Å². The minimum absolute atomic E-state index is 0.123. The number of ether oxygens (including phenoxy) is 1. The molecule has 2 fully saturated rings. The molecule has 1 aliphatic carbocycles. The van der Waals surface area contributed by atoms with Crippen molar-refractivity contribution in [3.05, 3.63) is 17.8 Å². The monoisotopic (exact) mass is 344 g/mol. The Morgan fingerprint density at radius 2 is 2.00 bits per heavy atom. The van der Waals surface area contributed by atoms with E-state index in [9.17, 15) is 4.79 Å². The summed E-state index contributed by atoms with van der Waals surface area (Å²) in [5.41, 5.74) is 1.30. The average Bonchev–Trinajstić information content (AvgIpc) is 2.77. The first-order valence-electron chi connectivity index (χ1n) is 9.42. The first kappa shape index (κ1) is 16.8. The quantitative estimate of drug-likeness (QED) is 0.887. The van der Waals surface area contributed by atoms with E-state index in [4.69, 9.17) is 4.74 Å². The SMILES string of the molecule is COc1ccc2c(n1)C1(CCC(N3CCCN(C)CC3)CC1)C(=O)N2. The Kier molecular flexibility index (Phi) is 4.41. The molecule has 1 aromatic heterocycles. The second-order valence-corrected chi connectivity index (χ2v) is 7.71. The van der Waals surface area contributed by atoms with Gasteiger partial charge >= 0.3 is 0 Å². The Morgan fingerprint density at radius 1 is 1.20 bits per heavy atom. The highest BCUT2D eigenvalue weighted by Gasteiger charge is 2.50. The molecule has 3 heterocycles. The molecule has 0 unspecified atom stereocenters. The van der Waals surface area contributed by atoms with Crippen molar-refractivity contribution in [2.45, 2.75) is 43.6 Å². The zero-order valence-corrected chi connectivity index (χ0v) is 15.3. The molecule has 1 aromatic rings. The summed E-state index contributed by atoms with van der Waals surface area (Å²) in [7, 11) is 3.83. The van der Waals surface area contributed by atoms with Crippen molar-refractivity contribution >= 4 is 11.6 Å². The standard InChI is InChI=1S/C19H28N4O2/c1-22-10-3-11-23(13-12-22)14-6-8-19(9-7-14)17-15(20-18(19)24)4-5-16(21-17)25-2/h4-5,14H,3,6-13H2,1-2H3,(H,20,24). The lowest BCUT2D eigenvalue weighted by Gasteiger charge is -2.40. The lowest BCUT2D eigenvalue weighted by molar-refractivity contribution is -0.122. The van der Waals surface area contributed by atoms with Crippen LogP contribution in [0.1, 0.15) is 37.8 Å². The number of carbonyl (C=O) groups excluding carboxylic acids is 1. The van der Waals surface area contributed by atoms with Crippen LogP contribution in [0.25, 0.3) is 0 Å². The van der Waals surface area contributed by atoms with Crippen LogP contribution in [0, 0.1) is 0 Å². The van der Waals surface area contributed by atoms with E-state index in [-0.39, 0.29) is 5.91 Å². The fourth-order valence-electron chi connectivity index (χ4n) is 4.73. The predicted molar refractivity (Wildman–Crippen MR) is 97.0 cm³/mol. The van der Waals surface area contributed by atoms with E-state index in [1.165, 1.54) is 19.5 Å². The van der Waals surface area contributed by atoms with Crippen molar-refractivity contribution in [3.63, 3.8) is 0 Å². The molecular formula is C19H28N4O2. The van der Waals surface area contributed by atoms with Gasteiger partial charge in [0.1, 0.15) is 0 Å². The maximum atomic E-state index is 12.8. The number of fused-ring (bicyclic) bond motifs is 2. The molecule has 0 atom stereocenters. The van der Waals surface area contributed by atoms with Gasteiger partial charge in [0.25, 0.3) is 0 Å². The van der Waals surface area contributed by atoms with Gasteiger partial charge in [-0.05, 0) is 58.3 Å². The van der Waals surface area contributed by atoms with Crippen LogP contribution in [0.2, 0.25) is 0 Å². The third kappa shape index (κ3) is 2.91. The molecule has 2 aliphatic heterocycles. The van der Waals surface area contributed by atoms with E-state index >= 15 is 0 Å². The highest BCUT2D eigenvalue weighted by Crippen LogP contribution is 2.47. The number of amides is 1. The van der Waals surface area contributed by atoms with E-state index < -0.39 is 5.41 Å². The van der Waals surface area contributed by atoms with Gasteiger partial charge in [-0.2, -0.15) is 0 Å². The van der Waals surface area contributed by atoms with Crippen LogP contribution in [0.5, 0.6) is 5.88 Å². The van der Waals surface area contributed by atoms with Gasteiger partial charge in [-0.15, -0.1) is 0 Å². The van der Waals surface area contributed by atoms with Crippen LogP contribution in [0.15, 0.2) is 12.1 Å². The number of likely N-dealkylation sites (N-methyl/N-ethyl adjacent to an activating group) is 1. The van der Waals surface area contributed by atoms with Crippen molar-refractivity contribution < 1.29 is 9.53 Å². The Bertz CT molecular complexity index is 655. The Hall–Kier alpha value is -1.66. The van der Waals surface area contributed by atoms with Gasteiger partial charge in [0.2, 0.25) is 11.8 Å². The summed E-state index contributed by atoms with van der Waals surface area (Å²) in [6.07, 6.45) is 5.12. The molecule has 0 radical (unpaired) electrons. The summed E-state index contributed by atoms with van der Waals surface area (Å²) in [5, 5.41) is 3.04. The predicted octanol–water partition coefficient (Wildman–Crippen LogP) is 1.86. The van der Waals surface area contributed by atoms with Crippen molar-refractivity contribution in [1.29, 1.82) is 0 Å². The number of pyridine rings is 1. The van der Waals surface area contributed by atoms with Crippen LogP contribution in [0.4, 0.5) is 5.69 Å². The molecule has 4 rings (SSSR count). The molecule has 1 saturated heterocycles. The summed E-state index contributed by atoms with van der Waals surface area (Å²) < 4.78 is 5.29. The fraction of sp³-hybridized carbons (Fsp3) is 0.684. The van der Waals surface area contributed by atoms with Gasteiger partial charge in [-0.1, -0.05) is 0 Å². The number of rotatable bonds is 2. The number of nitrogens with one attached hydrogen (secondary N) is 1. The van der Waals surface area contributed by atoms with Crippen LogP contribution >= 0.6 is 0 Å². The van der Waals surface area contributed by atoms with Crippen molar-refractivity contribution in [2.75, 3.05) is 45.7 Å². The highest BCUT2D eigenvalue weighted by atomic mass is 16.5. The fourth-order valence-corrected chi connectivity index (χ4v) is 4.73. The second kappa shape index (κ2) is 6.57. The molecule has 3 aliphatic rings. The topological polar surface area (TPSA) is 57.7 Å². The molecular weight excluding hydrogens is 316 g/mol. The summed E-state index contributed by atoms with van der Waals surface area (Å²) >= 11 is 0. The molecule has 1 amide bonds. The number of hydrogen-bond donors (Lipinski definition) is 1. The first-order chi connectivity index (χ1) is 12.1. The normalized spacial score (nSPS) is 30.8. The maximum absolute atomic E-state index is 12.8. The molecule has 6 heteroatoms. The van der Waals surface area contributed by atoms with Crippen LogP contribution < -0.4 is 10.1 Å². The van der Waals surface area contributed by atoms with Crippen molar-refractivity contribution in [3.8, 4) is 5.88 Å². The largest absolute Gasteiger partial charge is 0.481 e. The molecule has 25 heavy (non-hydrogen) atoms. The zero-order valence-electron chi connectivity index (χ0n) is 15.3. The average molecular weight is 344 g/mol. The Morgan fingerprint density at radius 3 is 2.76 bits per heavy atom. The van der Waals surface area contributed by atoms with Gasteiger partial charge in [-0.3, -0.25) is 9.69 Å². The summed E-state index contributed by atoms with van der Waals surface area (Å²) in [6.45, 7) is 4.65. The number of nitrogens with zero attached hydrogens (tertiary/aromatic N) is 3.